The highest BCUT2D eigenvalue weighted by Crippen LogP contribution is 2.18. The molecule has 2 aromatic heterocycles. The molecule has 0 saturated carbocycles. The lowest BCUT2D eigenvalue weighted by atomic mass is 10.0. The summed E-state index contributed by atoms with van der Waals surface area (Å²) in [5.41, 5.74) is 3.43. The van der Waals surface area contributed by atoms with Crippen molar-refractivity contribution in [2.45, 2.75) is 6.42 Å². The molecule has 0 atom stereocenters. The predicted molar refractivity (Wildman–Crippen MR) is 101 cm³/mol. The molecule has 0 fully saturated rings. The van der Waals surface area contributed by atoms with E-state index in [-0.39, 0.29) is 17.8 Å². The number of carbonyl (C=O) groups is 1. The van der Waals surface area contributed by atoms with Crippen LogP contribution in [0, 0.1) is 0 Å². The van der Waals surface area contributed by atoms with Gasteiger partial charge in [-0.1, -0.05) is 53.6 Å². The third kappa shape index (κ3) is 4.07. The monoisotopic (exact) mass is 356 g/mol. The fourth-order valence-corrected chi connectivity index (χ4v) is 2.64. The van der Waals surface area contributed by atoms with Gasteiger partial charge in [-0.3, -0.25) is 15.1 Å². The van der Waals surface area contributed by atoms with Crippen LogP contribution >= 0.6 is 0 Å². The van der Waals surface area contributed by atoms with Crippen LogP contribution in [-0.4, -0.2) is 21.1 Å². The number of pyridine rings is 1. The smallest absolute Gasteiger partial charge is 0.322 e. The van der Waals surface area contributed by atoms with Gasteiger partial charge in [-0.15, -0.1) is 5.10 Å². The molecule has 4 rings (SSSR count). The van der Waals surface area contributed by atoms with E-state index in [1.807, 2.05) is 36.4 Å². The highest BCUT2D eigenvalue weighted by atomic mass is 16.4. The topological polar surface area (TPSA) is 80.9 Å². The maximum atomic E-state index is 12.4. The van der Waals surface area contributed by atoms with Gasteiger partial charge < -0.3 is 4.42 Å². The van der Waals surface area contributed by atoms with Crippen LogP contribution in [0.4, 0.5) is 6.01 Å². The molecule has 0 radical (unpaired) electrons. The first-order chi connectivity index (χ1) is 13.3. The molecule has 132 valence electrons. The lowest BCUT2D eigenvalue weighted by molar-refractivity contribution is 0.102. The Morgan fingerprint density at radius 1 is 0.852 bits per heavy atom. The summed E-state index contributed by atoms with van der Waals surface area (Å²) in [4.78, 5) is 16.5. The summed E-state index contributed by atoms with van der Waals surface area (Å²) in [5.74, 6) is -0.0541. The number of aromatic nitrogens is 3. The molecule has 0 unspecified atom stereocenters. The number of hydrogen-bond acceptors (Lipinski definition) is 5. The standard InChI is InChI=1S/C21H16N4O2/c26-19(23-21-25-24-20(27-21)18-8-4-5-13-22-18)17-11-9-16(10-12-17)14-15-6-2-1-3-7-15/h1-13H,14H2,(H,23,25,26). The minimum Gasteiger partial charge on any atom is -0.401 e. The average molecular weight is 356 g/mol. The number of anilines is 1. The van der Waals surface area contributed by atoms with Crippen LogP contribution in [-0.2, 0) is 6.42 Å². The van der Waals surface area contributed by atoms with Crippen LogP contribution < -0.4 is 5.32 Å². The van der Waals surface area contributed by atoms with Gasteiger partial charge in [0.25, 0.3) is 11.8 Å². The van der Waals surface area contributed by atoms with Gasteiger partial charge in [0.15, 0.2) is 0 Å². The lowest BCUT2D eigenvalue weighted by Crippen LogP contribution is -2.12. The minimum atomic E-state index is -0.308. The third-order valence-corrected chi connectivity index (χ3v) is 4.00. The van der Waals surface area contributed by atoms with E-state index in [1.54, 1.807) is 30.5 Å². The second-order valence-electron chi connectivity index (χ2n) is 5.94. The minimum absolute atomic E-state index is 0.0361. The summed E-state index contributed by atoms with van der Waals surface area (Å²) in [6.45, 7) is 0. The van der Waals surface area contributed by atoms with E-state index >= 15 is 0 Å². The van der Waals surface area contributed by atoms with Gasteiger partial charge in [0.1, 0.15) is 5.69 Å². The lowest BCUT2D eigenvalue weighted by Gasteiger charge is -2.04. The number of nitrogens with zero attached hydrogens (tertiary/aromatic N) is 3. The SMILES string of the molecule is O=C(Nc1nnc(-c2ccccn2)o1)c1ccc(Cc2ccccc2)cc1. The third-order valence-electron chi connectivity index (χ3n) is 4.00. The van der Waals surface area contributed by atoms with Crippen molar-refractivity contribution in [1.82, 2.24) is 15.2 Å². The number of benzene rings is 2. The normalized spacial score (nSPS) is 10.5. The van der Waals surface area contributed by atoms with Crippen LogP contribution in [0.2, 0.25) is 0 Å². The number of amides is 1. The summed E-state index contributed by atoms with van der Waals surface area (Å²) in [6.07, 6.45) is 2.45. The first kappa shape index (κ1) is 16.7. The van der Waals surface area contributed by atoms with Gasteiger partial charge in [-0.2, -0.15) is 0 Å². The highest BCUT2D eigenvalue weighted by Gasteiger charge is 2.13. The average Bonchev–Trinajstić information content (AvgIpc) is 3.18. The molecule has 0 aliphatic heterocycles. The molecule has 2 aromatic carbocycles. The molecule has 0 saturated heterocycles. The van der Waals surface area contributed by atoms with Crippen LogP contribution in [0.3, 0.4) is 0 Å². The van der Waals surface area contributed by atoms with E-state index in [1.165, 1.54) is 5.56 Å². The fourth-order valence-electron chi connectivity index (χ4n) is 2.64. The first-order valence-electron chi connectivity index (χ1n) is 8.47. The molecule has 0 bridgehead atoms. The first-order valence-corrected chi connectivity index (χ1v) is 8.47. The second-order valence-corrected chi connectivity index (χ2v) is 5.94. The Labute approximate surface area is 155 Å². The van der Waals surface area contributed by atoms with Crippen molar-refractivity contribution < 1.29 is 9.21 Å². The Hall–Kier alpha value is -3.80. The maximum absolute atomic E-state index is 12.4. The van der Waals surface area contributed by atoms with E-state index in [4.69, 9.17) is 4.42 Å². The molecule has 0 aliphatic rings. The van der Waals surface area contributed by atoms with Gasteiger partial charge in [0.2, 0.25) is 0 Å². The van der Waals surface area contributed by atoms with Crippen molar-refractivity contribution in [3.05, 3.63) is 95.7 Å². The number of hydrogen-bond donors (Lipinski definition) is 1. The summed E-state index contributed by atoms with van der Waals surface area (Å²) in [7, 11) is 0. The summed E-state index contributed by atoms with van der Waals surface area (Å²) < 4.78 is 5.45. The van der Waals surface area contributed by atoms with Crippen molar-refractivity contribution in [2.75, 3.05) is 5.32 Å². The molecule has 0 aliphatic carbocycles. The Morgan fingerprint density at radius 2 is 1.59 bits per heavy atom. The van der Waals surface area contributed by atoms with Crippen molar-refractivity contribution in [2.24, 2.45) is 0 Å². The Balaban J connectivity index is 1.42. The van der Waals surface area contributed by atoms with Gasteiger partial charge >= 0.3 is 6.01 Å². The molecule has 27 heavy (non-hydrogen) atoms. The molecular formula is C21H16N4O2. The van der Waals surface area contributed by atoms with Gasteiger partial charge in [0.05, 0.1) is 0 Å². The van der Waals surface area contributed by atoms with Crippen molar-refractivity contribution in [3.63, 3.8) is 0 Å². The van der Waals surface area contributed by atoms with E-state index in [2.05, 4.69) is 32.6 Å². The van der Waals surface area contributed by atoms with Crippen molar-refractivity contribution >= 4 is 11.9 Å². The van der Waals surface area contributed by atoms with E-state index < -0.39 is 0 Å². The molecule has 1 amide bonds. The van der Waals surface area contributed by atoms with Crippen molar-refractivity contribution in [3.8, 4) is 11.6 Å². The number of rotatable bonds is 5. The van der Waals surface area contributed by atoms with Gasteiger partial charge in [-0.25, -0.2) is 0 Å². The maximum Gasteiger partial charge on any atom is 0.322 e. The zero-order chi connectivity index (χ0) is 18.5. The Kier molecular flexibility index (Phi) is 4.70. The zero-order valence-corrected chi connectivity index (χ0v) is 14.4. The Bertz CT molecular complexity index is 1030. The van der Waals surface area contributed by atoms with Gasteiger partial charge in [-0.05, 0) is 41.8 Å². The van der Waals surface area contributed by atoms with Crippen LogP contribution in [0.25, 0.3) is 11.6 Å². The van der Waals surface area contributed by atoms with E-state index in [9.17, 15) is 4.79 Å². The fraction of sp³-hybridized carbons (Fsp3) is 0.0476. The number of carbonyl (C=O) groups excluding carboxylic acids is 1. The zero-order valence-electron chi connectivity index (χ0n) is 14.4. The quantitative estimate of drug-likeness (QED) is 0.585. The van der Waals surface area contributed by atoms with E-state index in [0.29, 0.717) is 11.3 Å². The van der Waals surface area contributed by atoms with E-state index in [0.717, 1.165) is 12.0 Å². The second kappa shape index (κ2) is 7.61. The molecule has 1 N–H and O–H groups in total. The molecule has 6 heteroatoms. The largest absolute Gasteiger partial charge is 0.401 e. The molecular weight excluding hydrogens is 340 g/mol. The Morgan fingerprint density at radius 3 is 2.33 bits per heavy atom. The molecule has 0 spiro atoms. The predicted octanol–water partition coefficient (Wildman–Crippen LogP) is 3.97. The van der Waals surface area contributed by atoms with Crippen molar-refractivity contribution in [1.29, 1.82) is 0 Å². The van der Waals surface area contributed by atoms with Gasteiger partial charge in [0, 0.05) is 11.8 Å². The molecule has 6 nitrogen and oxygen atoms in total. The highest BCUT2D eigenvalue weighted by molar-refractivity contribution is 6.03. The van der Waals surface area contributed by atoms with Crippen LogP contribution in [0.15, 0.2) is 83.4 Å². The summed E-state index contributed by atoms with van der Waals surface area (Å²) >= 11 is 0. The van der Waals surface area contributed by atoms with Crippen LogP contribution in [0.1, 0.15) is 21.5 Å². The van der Waals surface area contributed by atoms with Crippen LogP contribution in [0.5, 0.6) is 0 Å². The molecule has 2 heterocycles. The molecule has 4 aromatic rings. The number of nitrogens with one attached hydrogen (secondary N) is 1. The summed E-state index contributed by atoms with van der Waals surface area (Å²) in [5, 5.41) is 10.4. The summed E-state index contributed by atoms with van der Waals surface area (Å²) in [6, 6.07) is 23.0.